The van der Waals surface area contributed by atoms with E-state index in [0.717, 1.165) is 16.4 Å². The van der Waals surface area contributed by atoms with Crippen molar-refractivity contribution in [1.29, 1.82) is 0 Å². The summed E-state index contributed by atoms with van der Waals surface area (Å²) in [6.07, 6.45) is 1.23. The highest BCUT2D eigenvalue weighted by atomic mass is 32.2. The third kappa shape index (κ3) is 4.38. The van der Waals surface area contributed by atoms with Gasteiger partial charge in [0.1, 0.15) is 15.1 Å². The second kappa shape index (κ2) is 8.96. The summed E-state index contributed by atoms with van der Waals surface area (Å²) in [6.45, 7) is 6.51. The summed E-state index contributed by atoms with van der Waals surface area (Å²) in [4.78, 5) is 0.843. The lowest BCUT2D eigenvalue weighted by Crippen LogP contribution is -2.49. The van der Waals surface area contributed by atoms with Crippen LogP contribution in [0.4, 0.5) is 0 Å². The van der Waals surface area contributed by atoms with Crippen molar-refractivity contribution in [3.05, 3.63) is 65.7 Å². The molecular weight excluding hydrogens is 378 g/mol. The van der Waals surface area contributed by atoms with Crippen LogP contribution in [0.3, 0.4) is 0 Å². The topological polar surface area (TPSA) is 29.1 Å². The second-order valence-electron chi connectivity index (χ2n) is 7.01. The van der Waals surface area contributed by atoms with E-state index in [-0.39, 0.29) is 10.1 Å². The van der Waals surface area contributed by atoms with Gasteiger partial charge in [-0.1, -0.05) is 61.9 Å². The van der Waals surface area contributed by atoms with E-state index >= 15 is 0 Å². The van der Waals surface area contributed by atoms with Crippen molar-refractivity contribution < 1.29 is 4.21 Å². The number of hydrogen-bond donors (Lipinski definition) is 1. The molecule has 1 fully saturated rings. The number of benzene rings is 2. The molecule has 2 nitrogen and oxygen atoms in total. The van der Waals surface area contributed by atoms with Crippen LogP contribution >= 0.6 is 23.5 Å². The fraction of sp³-hybridized carbons (Fsp3) is 0.429. The number of thioether (sulfide) groups is 2. The van der Waals surface area contributed by atoms with Crippen molar-refractivity contribution >= 4 is 34.5 Å². The van der Waals surface area contributed by atoms with Crippen molar-refractivity contribution in [3.63, 3.8) is 0 Å². The monoisotopic (exact) mass is 405 g/mol. The summed E-state index contributed by atoms with van der Waals surface area (Å²) < 4.78 is 16.5. The Bertz CT molecular complexity index is 725. The summed E-state index contributed by atoms with van der Waals surface area (Å²) in [5.41, 5.74) is 2.51. The fourth-order valence-corrected chi connectivity index (χ4v) is 8.42. The van der Waals surface area contributed by atoms with Crippen LogP contribution in [0.25, 0.3) is 0 Å². The van der Waals surface area contributed by atoms with Crippen LogP contribution < -0.4 is 4.72 Å². The number of nitrogens with one attached hydrogen (secondary N) is 1. The maximum absolute atomic E-state index is 13.1. The maximum Gasteiger partial charge on any atom is 0.125 e. The Hall–Kier alpha value is -0.750. The zero-order valence-electron chi connectivity index (χ0n) is 15.6. The molecule has 2 aromatic carbocycles. The molecule has 26 heavy (non-hydrogen) atoms. The van der Waals surface area contributed by atoms with Crippen LogP contribution in [-0.4, -0.2) is 21.8 Å². The van der Waals surface area contributed by atoms with Gasteiger partial charge in [-0.2, -0.15) is 0 Å². The first-order valence-electron chi connectivity index (χ1n) is 9.11. The van der Waals surface area contributed by atoms with Crippen molar-refractivity contribution in [1.82, 2.24) is 4.72 Å². The van der Waals surface area contributed by atoms with Crippen molar-refractivity contribution in [2.45, 2.75) is 42.2 Å². The van der Waals surface area contributed by atoms with Gasteiger partial charge >= 0.3 is 0 Å². The first kappa shape index (κ1) is 20.0. The average molecular weight is 406 g/mol. The molecule has 2 atom stereocenters. The first-order valence-corrected chi connectivity index (χ1v) is 12.2. The Morgan fingerprint density at radius 2 is 1.62 bits per heavy atom. The van der Waals surface area contributed by atoms with Gasteiger partial charge < -0.3 is 0 Å². The number of hydrogen-bond acceptors (Lipinski definition) is 3. The Kier molecular flexibility index (Phi) is 6.89. The summed E-state index contributed by atoms with van der Waals surface area (Å²) in [5.74, 6) is 2.65. The quantitative estimate of drug-likeness (QED) is 0.702. The molecule has 0 aliphatic carbocycles. The largest absolute Gasteiger partial charge is 0.237 e. The van der Waals surface area contributed by atoms with Crippen LogP contribution in [0.5, 0.6) is 0 Å². The third-order valence-electron chi connectivity index (χ3n) is 4.64. The Morgan fingerprint density at radius 3 is 2.19 bits per heavy atom. The van der Waals surface area contributed by atoms with E-state index < -0.39 is 11.0 Å². The van der Waals surface area contributed by atoms with Gasteiger partial charge in [-0.05, 0) is 48.5 Å². The molecule has 5 heteroatoms. The highest BCUT2D eigenvalue weighted by Crippen LogP contribution is 2.54. The van der Waals surface area contributed by atoms with Gasteiger partial charge in [-0.15, -0.1) is 23.5 Å². The Morgan fingerprint density at radius 1 is 1.00 bits per heavy atom. The predicted molar refractivity (Wildman–Crippen MR) is 117 cm³/mol. The Balaban J connectivity index is 1.93. The molecule has 0 radical (unpaired) electrons. The van der Waals surface area contributed by atoms with Gasteiger partial charge in [-0.25, -0.2) is 8.93 Å². The van der Waals surface area contributed by atoms with Crippen LogP contribution in [0, 0.1) is 12.8 Å². The van der Waals surface area contributed by atoms with Gasteiger partial charge in [0.25, 0.3) is 0 Å². The molecule has 1 aliphatic heterocycles. The van der Waals surface area contributed by atoms with Gasteiger partial charge in [0.2, 0.25) is 0 Å². The lowest BCUT2D eigenvalue weighted by molar-refractivity contribution is 0.430. The molecule has 0 spiro atoms. The SMILES string of the molecule is Cc1ccc(S(=O)N[C@@H](C(C)C)C2(c3ccccc3)SCCCS2)cc1. The summed E-state index contributed by atoms with van der Waals surface area (Å²) >= 11 is 4.01. The van der Waals surface area contributed by atoms with E-state index in [9.17, 15) is 4.21 Å². The molecule has 1 saturated heterocycles. The maximum atomic E-state index is 13.1. The summed E-state index contributed by atoms with van der Waals surface area (Å²) in [5, 5.41) is 0. The normalized spacial score (nSPS) is 19.2. The summed E-state index contributed by atoms with van der Waals surface area (Å²) in [6, 6.07) is 18.8. The van der Waals surface area contributed by atoms with Gasteiger partial charge in [0.05, 0.1) is 10.9 Å². The zero-order valence-corrected chi connectivity index (χ0v) is 18.1. The van der Waals surface area contributed by atoms with Gasteiger partial charge in [0, 0.05) is 0 Å². The van der Waals surface area contributed by atoms with Crippen molar-refractivity contribution in [2.75, 3.05) is 11.5 Å². The highest BCUT2D eigenvalue weighted by molar-refractivity contribution is 8.18. The molecular formula is C21H27NOS3. The molecule has 1 heterocycles. The van der Waals surface area contributed by atoms with Crippen LogP contribution in [0.15, 0.2) is 59.5 Å². The van der Waals surface area contributed by atoms with E-state index in [4.69, 9.17) is 0 Å². The van der Waals surface area contributed by atoms with Crippen LogP contribution in [-0.2, 0) is 15.1 Å². The third-order valence-corrected chi connectivity index (χ3v) is 9.34. The molecule has 0 aromatic heterocycles. The average Bonchev–Trinajstić information content (AvgIpc) is 2.67. The predicted octanol–water partition coefficient (Wildman–Crippen LogP) is 5.35. The minimum Gasteiger partial charge on any atom is -0.237 e. The second-order valence-corrected chi connectivity index (χ2v) is 11.2. The van der Waals surface area contributed by atoms with E-state index in [1.807, 2.05) is 47.8 Å². The van der Waals surface area contributed by atoms with E-state index in [2.05, 4.69) is 55.8 Å². The molecule has 0 amide bonds. The number of aryl methyl sites for hydroxylation is 1. The van der Waals surface area contributed by atoms with E-state index in [1.165, 1.54) is 17.5 Å². The van der Waals surface area contributed by atoms with Crippen molar-refractivity contribution in [2.24, 2.45) is 5.92 Å². The number of rotatable bonds is 6. The first-order chi connectivity index (χ1) is 12.5. The van der Waals surface area contributed by atoms with Crippen LogP contribution in [0.1, 0.15) is 31.4 Å². The van der Waals surface area contributed by atoms with Gasteiger partial charge in [0.15, 0.2) is 0 Å². The minimum absolute atomic E-state index is 0.103. The lowest BCUT2D eigenvalue weighted by atomic mass is 9.96. The standard InChI is InChI=1S/C21H27NOS3/c1-16(2)20(22-26(23)19-12-10-17(3)11-13-19)21(24-14-7-15-25-21)18-8-5-4-6-9-18/h4-6,8-13,16,20,22H,7,14-15H2,1-3H3/t20-,26?/m0/s1. The fourth-order valence-electron chi connectivity index (χ4n) is 3.24. The Labute approximate surface area is 168 Å². The molecule has 1 aliphatic rings. The van der Waals surface area contributed by atoms with E-state index in [1.54, 1.807) is 0 Å². The molecule has 140 valence electrons. The molecule has 2 aromatic rings. The zero-order chi connectivity index (χ0) is 18.6. The highest BCUT2D eigenvalue weighted by Gasteiger charge is 2.45. The molecule has 1 unspecified atom stereocenters. The van der Waals surface area contributed by atoms with E-state index in [0.29, 0.717) is 5.92 Å². The molecule has 1 N–H and O–H groups in total. The van der Waals surface area contributed by atoms with Gasteiger partial charge in [-0.3, -0.25) is 0 Å². The molecule has 3 rings (SSSR count). The smallest absolute Gasteiger partial charge is 0.125 e. The van der Waals surface area contributed by atoms with Crippen molar-refractivity contribution in [3.8, 4) is 0 Å². The molecule has 0 saturated carbocycles. The minimum atomic E-state index is -1.22. The summed E-state index contributed by atoms with van der Waals surface area (Å²) in [7, 11) is -1.22. The lowest BCUT2D eigenvalue weighted by Gasteiger charge is -2.44. The molecule has 0 bridgehead atoms. The van der Waals surface area contributed by atoms with Crippen LogP contribution in [0.2, 0.25) is 0 Å².